The van der Waals surface area contributed by atoms with E-state index in [-0.39, 0.29) is 5.91 Å². The number of benzene rings is 3. The monoisotopic (exact) mass is 615 g/mol. The molecule has 0 unspecified atom stereocenters. The maximum Gasteiger partial charge on any atom is 0.266 e. The molecule has 0 N–H and O–H groups in total. The van der Waals surface area contributed by atoms with E-state index in [1.165, 1.54) is 11.8 Å². The number of thioether (sulfide) groups is 1. The fourth-order valence-corrected chi connectivity index (χ4v) is 5.87. The lowest BCUT2D eigenvalue weighted by molar-refractivity contribution is -0.122. The Kier molecular flexibility index (Phi) is 8.47. The molecule has 0 bridgehead atoms. The molecule has 8 heteroatoms. The predicted molar refractivity (Wildman–Crippen MR) is 167 cm³/mol. The summed E-state index contributed by atoms with van der Waals surface area (Å²) in [5.41, 5.74) is 6.08. The van der Waals surface area contributed by atoms with Crippen LogP contribution in [0.25, 0.3) is 11.8 Å². The highest BCUT2D eigenvalue weighted by molar-refractivity contribution is 9.10. The molecule has 1 fully saturated rings. The zero-order chi connectivity index (χ0) is 28.2. The number of carbonyl (C=O) groups is 1. The molecule has 0 atom stereocenters. The number of amidine groups is 1. The van der Waals surface area contributed by atoms with Gasteiger partial charge in [0.2, 0.25) is 0 Å². The second-order valence-electron chi connectivity index (χ2n) is 9.32. The van der Waals surface area contributed by atoms with E-state index < -0.39 is 0 Å². The molecular formula is C32H30BrN3O3S. The minimum absolute atomic E-state index is 0.0307. The third-order valence-electron chi connectivity index (χ3n) is 6.67. The second kappa shape index (κ2) is 12.2. The molecule has 2 heterocycles. The lowest BCUT2D eigenvalue weighted by Gasteiger charge is -2.12. The molecule has 0 aliphatic carbocycles. The van der Waals surface area contributed by atoms with E-state index in [9.17, 15) is 4.79 Å². The molecule has 0 spiro atoms. The zero-order valence-electron chi connectivity index (χ0n) is 22.8. The molecule has 1 amide bonds. The molecule has 5 rings (SSSR count). The quantitative estimate of drug-likeness (QED) is 0.188. The van der Waals surface area contributed by atoms with Gasteiger partial charge in [-0.2, -0.15) is 0 Å². The van der Waals surface area contributed by atoms with Gasteiger partial charge in [-0.25, -0.2) is 4.99 Å². The summed E-state index contributed by atoms with van der Waals surface area (Å²) in [4.78, 5) is 20.4. The first-order chi connectivity index (χ1) is 19.4. The summed E-state index contributed by atoms with van der Waals surface area (Å²) in [5, 5.41) is 0.677. The summed E-state index contributed by atoms with van der Waals surface area (Å²) in [6.45, 7) is 7.17. The van der Waals surface area contributed by atoms with E-state index in [0.717, 1.165) is 49.9 Å². The zero-order valence-corrected chi connectivity index (χ0v) is 25.3. The Labute approximate surface area is 247 Å². The molecule has 1 aliphatic rings. The first-order valence-corrected chi connectivity index (χ1v) is 14.6. The molecule has 1 aliphatic heterocycles. The number of nitrogens with zero attached hydrogens (tertiary/aromatic N) is 3. The number of hydrogen-bond donors (Lipinski definition) is 0. The number of aromatic nitrogens is 1. The summed E-state index contributed by atoms with van der Waals surface area (Å²) in [7, 11) is 1.63. The van der Waals surface area contributed by atoms with Crippen molar-refractivity contribution in [3.05, 3.63) is 111 Å². The summed E-state index contributed by atoms with van der Waals surface area (Å²) in [6.07, 6.45) is 1.97. The first kappa shape index (κ1) is 27.8. The van der Waals surface area contributed by atoms with Crippen LogP contribution >= 0.6 is 27.7 Å². The van der Waals surface area contributed by atoms with Crippen molar-refractivity contribution in [1.82, 2.24) is 9.47 Å². The van der Waals surface area contributed by atoms with Crippen molar-refractivity contribution < 1.29 is 14.3 Å². The molecule has 1 saturated heterocycles. The van der Waals surface area contributed by atoms with Gasteiger partial charge in [-0.3, -0.25) is 9.69 Å². The largest absolute Gasteiger partial charge is 0.497 e. The highest BCUT2D eigenvalue weighted by Crippen LogP contribution is 2.35. The molecule has 40 heavy (non-hydrogen) atoms. The molecule has 1 aromatic heterocycles. The van der Waals surface area contributed by atoms with Crippen LogP contribution in [0.2, 0.25) is 0 Å². The maximum atomic E-state index is 13.2. The lowest BCUT2D eigenvalue weighted by atomic mass is 10.2. The van der Waals surface area contributed by atoms with Gasteiger partial charge >= 0.3 is 0 Å². The molecule has 4 aromatic rings. The van der Waals surface area contributed by atoms with Crippen LogP contribution in [0.1, 0.15) is 29.4 Å². The van der Waals surface area contributed by atoms with E-state index in [0.29, 0.717) is 23.2 Å². The summed E-state index contributed by atoms with van der Waals surface area (Å²) in [6, 6.07) is 25.8. The van der Waals surface area contributed by atoms with Crippen LogP contribution in [0, 0.1) is 13.8 Å². The highest BCUT2D eigenvalue weighted by atomic mass is 79.9. The van der Waals surface area contributed by atoms with Crippen LogP contribution in [0.15, 0.2) is 93.2 Å². The van der Waals surface area contributed by atoms with Crippen LogP contribution in [-0.2, 0) is 11.4 Å². The van der Waals surface area contributed by atoms with Gasteiger partial charge in [0, 0.05) is 28.1 Å². The Bertz CT molecular complexity index is 1570. The average Bonchev–Trinajstić information content (AvgIpc) is 3.42. The van der Waals surface area contributed by atoms with Gasteiger partial charge in [0.15, 0.2) is 5.17 Å². The van der Waals surface area contributed by atoms with Gasteiger partial charge in [-0.15, -0.1) is 0 Å². The van der Waals surface area contributed by atoms with Gasteiger partial charge in [0.05, 0.1) is 17.7 Å². The number of amides is 1. The third kappa shape index (κ3) is 6.03. The number of carbonyl (C=O) groups excluding carboxylic acids is 1. The van der Waals surface area contributed by atoms with Gasteiger partial charge < -0.3 is 14.0 Å². The topological polar surface area (TPSA) is 56.1 Å². The van der Waals surface area contributed by atoms with Crippen molar-refractivity contribution in [2.45, 2.75) is 27.4 Å². The van der Waals surface area contributed by atoms with Crippen molar-refractivity contribution in [2.75, 3.05) is 13.7 Å². The Hall–Kier alpha value is -3.75. The molecule has 0 radical (unpaired) electrons. The minimum Gasteiger partial charge on any atom is -0.497 e. The predicted octanol–water partition coefficient (Wildman–Crippen LogP) is 8.07. The van der Waals surface area contributed by atoms with Gasteiger partial charge in [0.25, 0.3) is 5.91 Å². The Morgan fingerprint density at radius 3 is 2.27 bits per heavy atom. The number of halogens is 1. The summed E-state index contributed by atoms with van der Waals surface area (Å²) in [5.74, 6) is 1.55. The third-order valence-corrected chi connectivity index (χ3v) is 8.21. The van der Waals surface area contributed by atoms with E-state index in [1.807, 2.05) is 73.7 Å². The number of aliphatic imine (C=N–C) groups is 1. The molecule has 0 saturated carbocycles. The molecule has 3 aromatic carbocycles. The minimum atomic E-state index is -0.0307. The Morgan fingerprint density at radius 1 is 0.950 bits per heavy atom. The molecule has 204 valence electrons. The highest BCUT2D eigenvalue weighted by Gasteiger charge is 2.32. The van der Waals surface area contributed by atoms with Crippen molar-refractivity contribution in [1.29, 1.82) is 0 Å². The van der Waals surface area contributed by atoms with Crippen LogP contribution in [0.3, 0.4) is 0 Å². The van der Waals surface area contributed by atoms with Gasteiger partial charge in [0.1, 0.15) is 18.1 Å². The van der Waals surface area contributed by atoms with Crippen LogP contribution in [0.4, 0.5) is 5.69 Å². The number of aryl methyl sites for hydroxylation is 1. The normalized spacial score (nSPS) is 15.3. The SMILES string of the molecule is CCN1C(=O)/C(=C\c2cc(C)n(-c3ccc(OCc4ccc(Br)cc4)cc3)c2C)SC1=Nc1ccc(OC)cc1. The number of ether oxygens (including phenoxy) is 2. The number of likely N-dealkylation sites (N-methyl/N-ethyl adjacent to an activating group) is 1. The van der Waals surface area contributed by atoms with Gasteiger partial charge in [-0.05, 0) is 116 Å². The lowest BCUT2D eigenvalue weighted by Crippen LogP contribution is -2.28. The van der Waals surface area contributed by atoms with Crippen molar-refractivity contribution in [2.24, 2.45) is 4.99 Å². The number of hydrogen-bond acceptors (Lipinski definition) is 5. The van der Waals surface area contributed by atoms with Crippen LogP contribution < -0.4 is 9.47 Å². The number of methoxy groups -OCH3 is 1. The van der Waals surface area contributed by atoms with Gasteiger partial charge in [-0.1, -0.05) is 28.1 Å². The second-order valence-corrected chi connectivity index (χ2v) is 11.2. The van der Waals surface area contributed by atoms with E-state index in [2.05, 4.69) is 52.5 Å². The standard InChI is InChI=1S/C32H30BrN3O3S/c1-5-35-31(37)30(40-32(35)34-26-10-14-28(38-4)15-11-26)19-24-18-21(2)36(22(24)3)27-12-16-29(17-13-27)39-20-23-6-8-25(33)9-7-23/h6-19H,5,20H2,1-4H3/b30-19+,34-32?. The maximum absolute atomic E-state index is 13.2. The number of rotatable bonds is 8. The van der Waals surface area contributed by atoms with Crippen molar-refractivity contribution >= 4 is 50.5 Å². The first-order valence-electron chi connectivity index (χ1n) is 13.0. The fraction of sp³-hybridized carbons (Fsp3) is 0.188. The molecular weight excluding hydrogens is 586 g/mol. The fourth-order valence-electron chi connectivity index (χ4n) is 4.55. The summed E-state index contributed by atoms with van der Waals surface area (Å²) < 4.78 is 14.5. The van der Waals surface area contributed by atoms with Crippen LogP contribution in [-0.4, -0.2) is 34.2 Å². The van der Waals surface area contributed by atoms with E-state index >= 15 is 0 Å². The average molecular weight is 617 g/mol. The van der Waals surface area contributed by atoms with Crippen molar-refractivity contribution in [3.8, 4) is 17.2 Å². The van der Waals surface area contributed by atoms with Crippen LogP contribution in [0.5, 0.6) is 11.5 Å². The summed E-state index contributed by atoms with van der Waals surface area (Å²) >= 11 is 4.87. The van der Waals surface area contributed by atoms with E-state index in [4.69, 9.17) is 14.5 Å². The Balaban J connectivity index is 1.35. The molecule has 6 nitrogen and oxygen atoms in total. The smallest absolute Gasteiger partial charge is 0.266 e. The van der Waals surface area contributed by atoms with E-state index in [1.54, 1.807) is 12.0 Å². The van der Waals surface area contributed by atoms with Crippen molar-refractivity contribution in [3.63, 3.8) is 0 Å². The Morgan fingerprint density at radius 2 is 1.62 bits per heavy atom.